The molecule has 0 amide bonds. The average Bonchev–Trinajstić information content (AvgIpc) is 2.42. The van der Waals surface area contributed by atoms with E-state index in [0.29, 0.717) is 25.5 Å². The first-order chi connectivity index (χ1) is 9.02. The standard InChI is InChI=1S/C13H24N4O2/c1-5-10-11(6-2)16-17-12(15-10)14-9-13(3,18)7-8-19-4/h18H,5-9H2,1-4H3,(H,14,15,17). The molecule has 0 aliphatic rings. The molecule has 19 heavy (non-hydrogen) atoms. The summed E-state index contributed by atoms with van der Waals surface area (Å²) >= 11 is 0. The summed E-state index contributed by atoms with van der Waals surface area (Å²) in [7, 11) is 1.62. The highest BCUT2D eigenvalue weighted by Crippen LogP contribution is 2.11. The lowest BCUT2D eigenvalue weighted by molar-refractivity contribution is 0.0356. The van der Waals surface area contributed by atoms with Gasteiger partial charge in [0.15, 0.2) is 0 Å². The number of methoxy groups -OCH3 is 1. The summed E-state index contributed by atoms with van der Waals surface area (Å²) in [6.45, 7) is 6.72. The zero-order valence-electron chi connectivity index (χ0n) is 12.2. The van der Waals surface area contributed by atoms with Gasteiger partial charge in [0, 0.05) is 26.7 Å². The van der Waals surface area contributed by atoms with Crippen LogP contribution in [0, 0.1) is 0 Å². The van der Waals surface area contributed by atoms with Crippen LogP contribution in [0.1, 0.15) is 38.6 Å². The molecule has 1 heterocycles. The summed E-state index contributed by atoms with van der Waals surface area (Å²) in [5.74, 6) is 0.465. The topological polar surface area (TPSA) is 80.2 Å². The average molecular weight is 268 g/mol. The van der Waals surface area contributed by atoms with E-state index in [1.54, 1.807) is 14.0 Å². The van der Waals surface area contributed by atoms with E-state index in [4.69, 9.17) is 4.74 Å². The second kappa shape index (κ2) is 7.35. The van der Waals surface area contributed by atoms with Crippen molar-refractivity contribution < 1.29 is 9.84 Å². The molecule has 6 heteroatoms. The van der Waals surface area contributed by atoms with Crippen LogP contribution in [0.4, 0.5) is 5.95 Å². The van der Waals surface area contributed by atoms with Gasteiger partial charge >= 0.3 is 0 Å². The van der Waals surface area contributed by atoms with Crippen molar-refractivity contribution in [1.82, 2.24) is 15.2 Å². The highest BCUT2D eigenvalue weighted by Gasteiger charge is 2.20. The maximum absolute atomic E-state index is 10.1. The number of aliphatic hydroxyl groups is 1. The lowest BCUT2D eigenvalue weighted by atomic mass is 10.0. The van der Waals surface area contributed by atoms with E-state index in [1.807, 2.05) is 13.8 Å². The number of aryl methyl sites for hydroxylation is 2. The molecule has 0 fully saturated rings. The number of anilines is 1. The Bertz CT molecular complexity index is 396. The third kappa shape index (κ3) is 5.08. The van der Waals surface area contributed by atoms with Gasteiger partial charge in [0.2, 0.25) is 5.95 Å². The summed E-state index contributed by atoms with van der Waals surface area (Å²) in [6, 6.07) is 0. The van der Waals surface area contributed by atoms with Crippen molar-refractivity contribution in [3.05, 3.63) is 11.4 Å². The molecule has 0 saturated heterocycles. The number of rotatable bonds is 8. The Morgan fingerprint density at radius 2 is 1.89 bits per heavy atom. The van der Waals surface area contributed by atoms with Crippen molar-refractivity contribution in [3.8, 4) is 0 Å². The minimum atomic E-state index is -0.852. The zero-order chi connectivity index (χ0) is 14.3. The molecular weight excluding hydrogens is 244 g/mol. The Morgan fingerprint density at radius 1 is 1.21 bits per heavy atom. The molecule has 108 valence electrons. The van der Waals surface area contributed by atoms with Gasteiger partial charge in [0.25, 0.3) is 0 Å². The molecule has 1 aromatic heterocycles. The summed E-state index contributed by atoms with van der Waals surface area (Å²) in [4.78, 5) is 4.42. The molecule has 2 N–H and O–H groups in total. The van der Waals surface area contributed by atoms with E-state index < -0.39 is 5.60 Å². The summed E-state index contributed by atoms with van der Waals surface area (Å²) in [5.41, 5.74) is 1.03. The molecular formula is C13H24N4O2. The monoisotopic (exact) mass is 268 g/mol. The summed E-state index contributed by atoms with van der Waals surface area (Å²) in [6.07, 6.45) is 2.21. The van der Waals surface area contributed by atoms with Crippen molar-refractivity contribution in [3.63, 3.8) is 0 Å². The normalized spacial score (nSPS) is 14.2. The lowest BCUT2D eigenvalue weighted by Crippen LogP contribution is -2.35. The molecule has 1 rings (SSSR count). The number of ether oxygens (including phenoxy) is 1. The van der Waals surface area contributed by atoms with E-state index in [0.717, 1.165) is 24.2 Å². The Morgan fingerprint density at radius 3 is 2.47 bits per heavy atom. The highest BCUT2D eigenvalue weighted by atomic mass is 16.5. The number of nitrogens with one attached hydrogen (secondary N) is 1. The molecule has 0 aromatic carbocycles. The Balaban J connectivity index is 2.62. The third-order valence-corrected chi connectivity index (χ3v) is 2.98. The van der Waals surface area contributed by atoms with Crippen LogP contribution in [-0.2, 0) is 17.6 Å². The van der Waals surface area contributed by atoms with Gasteiger partial charge in [0.1, 0.15) is 0 Å². The van der Waals surface area contributed by atoms with Gasteiger partial charge in [0.05, 0.1) is 17.0 Å². The van der Waals surface area contributed by atoms with Gasteiger partial charge in [-0.25, -0.2) is 4.98 Å². The number of nitrogens with zero attached hydrogens (tertiary/aromatic N) is 3. The first kappa shape index (κ1) is 15.8. The van der Waals surface area contributed by atoms with Crippen LogP contribution in [-0.4, -0.2) is 46.2 Å². The van der Waals surface area contributed by atoms with E-state index in [2.05, 4.69) is 20.5 Å². The van der Waals surface area contributed by atoms with Crippen LogP contribution in [0.3, 0.4) is 0 Å². The minimum Gasteiger partial charge on any atom is -0.388 e. The third-order valence-electron chi connectivity index (χ3n) is 2.98. The lowest BCUT2D eigenvalue weighted by Gasteiger charge is -2.23. The Labute approximate surface area is 114 Å². The molecule has 0 aliphatic carbocycles. The second-order valence-corrected chi connectivity index (χ2v) is 4.83. The summed E-state index contributed by atoms with van der Waals surface area (Å²) < 4.78 is 4.97. The van der Waals surface area contributed by atoms with Gasteiger partial charge in [-0.05, 0) is 19.8 Å². The predicted octanol–water partition coefficient (Wildman–Crippen LogP) is 1.20. The van der Waals surface area contributed by atoms with Gasteiger partial charge in [-0.15, -0.1) is 5.10 Å². The molecule has 0 saturated carbocycles. The van der Waals surface area contributed by atoms with E-state index in [9.17, 15) is 5.11 Å². The van der Waals surface area contributed by atoms with E-state index in [-0.39, 0.29) is 0 Å². The van der Waals surface area contributed by atoms with Crippen LogP contribution in [0.5, 0.6) is 0 Å². The molecule has 6 nitrogen and oxygen atoms in total. The molecule has 1 unspecified atom stereocenters. The minimum absolute atomic E-state index is 0.368. The number of hydrogen-bond donors (Lipinski definition) is 2. The van der Waals surface area contributed by atoms with Crippen molar-refractivity contribution >= 4 is 5.95 Å². The van der Waals surface area contributed by atoms with E-state index in [1.165, 1.54) is 0 Å². The van der Waals surface area contributed by atoms with Crippen LogP contribution in [0.25, 0.3) is 0 Å². The van der Waals surface area contributed by atoms with Gasteiger partial charge in [-0.1, -0.05) is 13.8 Å². The number of aromatic nitrogens is 3. The van der Waals surface area contributed by atoms with E-state index >= 15 is 0 Å². The molecule has 0 radical (unpaired) electrons. The van der Waals surface area contributed by atoms with Crippen LogP contribution in [0.15, 0.2) is 0 Å². The fourth-order valence-electron chi connectivity index (χ4n) is 1.69. The van der Waals surface area contributed by atoms with Crippen molar-refractivity contribution in [2.24, 2.45) is 0 Å². The maximum Gasteiger partial charge on any atom is 0.243 e. The molecule has 1 aromatic rings. The maximum atomic E-state index is 10.1. The largest absolute Gasteiger partial charge is 0.388 e. The quantitative estimate of drug-likeness (QED) is 0.737. The first-order valence-electron chi connectivity index (χ1n) is 6.70. The molecule has 0 spiro atoms. The number of hydrogen-bond acceptors (Lipinski definition) is 6. The van der Waals surface area contributed by atoms with Gasteiger partial charge in [-0.2, -0.15) is 5.10 Å². The molecule has 0 bridgehead atoms. The van der Waals surface area contributed by atoms with Crippen molar-refractivity contribution in [1.29, 1.82) is 0 Å². The van der Waals surface area contributed by atoms with Crippen molar-refractivity contribution in [2.75, 3.05) is 25.6 Å². The molecule has 0 aliphatic heterocycles. The smallest absolute Gasteiger partial charge is 0.243 e. The van der Waals surface area contributed by atoms with Crippen LogP contribution >= 0.6 is 0 Å². The van der Waals surface area contributed by atoms with Crippen molar-refractivity contribution in [2.45, 2.75) is 45.6 Å². The Hall–Kier alpha value is -1.27. The SMILES string of the molecule is CCc1nnc(NCC(C)(O)CCOC)nc1CC. The van der Waals surface area contributed by atoms with Crippen LogP contribution < -0.4 is 5.32 Å². The fraction of sp³-hybridized carbons (Fsp3) is 0.769. The highest BCUT2D eigenvalue weighted by molar-refractivity contribution is 5.26. The predicted molar refractivity (Wildman–Crippen MR) is 74.2 cm³/mol. The van der Waals surface area contributed by atoms with Gasteiger partial charge in [-0.3, -0.25) is 0 Å². The first-order valence-corrected chi connectivity index (χ1v) is 6.70. The van der Waals surface area contributed by atoms with Gasteiger partial charge < -0.3 is 15.2 Å². The van der Waals surface area contributed by atoms with Crippen LogP contribution in [0.2, 0.25) is 0 Å². The molecule has 1 atom stereocenters. The summed E-state index contributed by atoms with van der Waals surface area (Å²) in [5, 5.41) is 21.3. The fourth-order valence-corrected chi connectivity index (χ4v) is 1.69. The second-order valence-electron chi connectivity index (χ2n) is 4.83. The Kier molecular flexibility index (Phi) is 6.11. The zero-order valence-corrected chi connectivity index (χ0v) is 12.2.